The Morgan fingerprint density at radius 3 is 0.970 bits per heavy atom. The van der Waals surface area contributed by atoms with E-state index in [-0.39, 0.29) is 39.1 Å². The van der Waals surface area contributed by atoms with Crippen LogP contribution in [0.2, 0.25) is 0 Å². The van der Waals surface area contributed by atoms with Crippen LogP contribution < -0.4 is 9.80 Å². The lowest BCUT2D eigenvalue weighted by Crippen LogP contribution is -2.33. The molecule has 0 saturated carbocycles. The summed E-state index contributed by atoms with van der Waals surface area (Å²) in [5.41, 5.74) is 0.343. The van der Waals surface area contributed by atoms with Crippen LogP contribution in [-0.2, 0) is 29.0 Å². The first-order chi connectivity index (χ1) is 15.1. The number of hydrogen-bond acceptors (Lipinski definition) is 6. The van der Waals surface area contributed by atoms with Crippen molar-refractivity contribution in [1.29, 1.82) is 0 Å². The van der Waals surface area contributed by atoms with Gasteiger partial charge in [-0.05, 0) is 88.0 Å². The third kappa shape index (κ3) is 5.64. The van der Waals surface area contributed by atoms with Crippen molar-refractivity contribution in [2.75, 3.05) is 9.80 Å². The van der Waals surface area contributed by atoms with Gasteiger partial charge in [-0.1, -0.05) is 0 Å². The lowest BCUT2D eigenvalue weighted by atomic mass is 10.2. The molecule has 0 N–H and O–H groups in total. The van der Waals surface area contributed by atoms with Gasteiger partial charge in [0.15, 0.2) is 0 Å². The van der Waals surface area contributed by atoms with Crippen LogP contribution in [0.3, 0.4) is 0 Å². The SMILES string of the molecule is CC(=O)N(C(C)=O)c1c(Br)cc(S(=O)(=O)c2cc(Br)c(N(C(C)=O)C(C)=O)c(Br)c2)cc1Br. The van der Waals surface area contributed by atoms with E-state index in [9.17, 15) is 27.6 Å². The molecule has 0 aliphatic rings. The topological polar surface area (TPSA) is 109 Å². The molecule has 0 aliphatic carbocycles. The van der Waals surface area contributed by atoms with Gasteiger partial charge in [0.2, 0.25) is 33.5 Å². The number of sulfone groups is 1. The van der Waals surface area contributed by atoms with Crippen LogP contribution in [0, 0.1) is 0 Å². The van der Waals surface area contributed by atoms with Crippen molar-refractivity contribution < 1.29 is 27.6 Å². The number of imide groups is 2. The quantitative estimate of drug-likeness (QED) is 0.419. The highest BCUT2D eigenvalue weighted by atomic mass is 79.9. The molecule has 0 atom stereocenters. The summed E-state index contributed by atoms with van der Waals surface area (Å²) in [6, 6.07) is 5.12. The molecule has 0 radical (unpaired) electrons. The summed E-state index contributed by atoms with van der Waals surface area (Å²) in [5.74, 6) is -2.15. The highest BCUT2D eigenvalue weighted by Crippen LogP contribution is 2.41. The lowest BCUT2D eigenvalue weighted by Gasteiger charge is -2.22. The molecular formula is C20H16Br4N2O6S. The molecule has 176 valence electrons. The Morgan fingerprint density at radius 1 is 0.576 bits per heavy atom. The fourth-order valence-corrected chi connectivity index (χ4v) is 8.08. The molecule has 0 aromatic heterocycles. The van der Waals surface area contributed by atoms with Gasteiger partial charge in [0.05, 0.1) is 21.2 Å². The predicted octanol–water partition coefficient (Wildman–Crippen LogP) is 5.37. The van der Waals surface area contributed by atoms with Gasteiger partial charge in [-0.3, -0.25) is 19.2 Å². The summed E-state index contributed by atoms with van der Waals surface area (Å²) in [7, 11) is -4.09. The van der Waals surface area contributed by atoms with Crippen molar-refractivity contribution in [3.63, 3.8) is 0 Å². The zero-order valence-electron chi connectivity index (χ0n) is 17.6. The zero-order chi connectivity index (χ0) is 25.4. The number of halogens is 4. The predicted molar refractivity (Wildman–Crippen MR) is 137 cm³/mol. The van der Waals surface area contributed by atoms with Gasteiger partial charge in [-0.2, -0.15) is 0 Å². The average molecular weight is 732 g/mol. The first kappa shape index (κ1) is 27.8. The van der Waals surface area contributed by atoms with E-state index in [0.717, 1.165) is 9.80 Å². The van der Waals surface area contributed by atoms with E-state index in [2.05, 4.69) is 63.7 Å². The molecule has 33 heavy (non-hydrogen) atoms. The maximum absolute atomic E-state index is 13.4. The second-order valence-electron chi connectivity index (χ2n) is 6.72. The van der Waals surface area contributed by atoms with Gasteiger partial charge in [0.1, 0.15) is 0 Å². The van der Waals surface area contributed by atoms with E-state index >= 15 is 0 Å². The van der Waals surface area contributed by atoms with E-state index in [0.29, 0.717) is 0 Å². The van der Waals surface area contributed by atoms with E-state index in [1.165, 1.54) is 52.0 Å². The van der Waals surface area contributed by atoms with Gasteiger partial charge in [-0.25, -0.2) is 18.2 Å². The molecule has 0 saturated heterocycles. The minimum absolute atomic E-state index is 0.126. The molecule has 2 aromatic carbocycles. The summed E-state index contributed by atoms with van der Waals surface area (Å²) in [6.07, 6.45) is 0. The number of rotatable bonds is 4. The largest absolute Gasteiger partial charge is 0.274 e. The number of nitrogens with zero attached hydrogens (tertiary/aromatic N) is 2. The molecule has 0 heterocycles. The van der Waals surface area contributed by atoms with Crippen LogP contribution >= 0.6 is 63.7 Å². The monoisotopic (exact) mass is 728 g/mol. The molecule has 2 rings (SSSR count). The third-order valence-electron chi connectivity index (χ3n) is 4.31. The Kier molecular flexibility index (Phi) is 8.83. The summed E-state index contributed by atoms with van der Waals surface area (Å²) in [4.78, 5) is 49.3. The van der Waals surface area contributed by atoms with E-state index in [1.807, 2.05) is 0 Å². The van der Waals surface area contributed by atoms with Crippen molar-refractivity contribution in [1.82, 2.24) is 0 Å². The number of benzene rings is 2. The summed E-state index contributed by atoms with van der Waals surface area (Å²) < 4.78 is 27.5. The summed E-state index contributed by atoms with van der Waals surface area (Å²) in [6.45, 7) is 4.86. The molecule has 0 spiro atoms. The van der Waals surface area contributed by atoms with Gasteiger partial charge < -0.3 is 0 Å². The number of carbonyl (C=O) groups excluding carboxylic acids is 4. The maximum atomic E-state index is 13.4. The van der Waals surface area contributed by atoms with Gasteiger partial charge in [0, 0.05) is 45.6 Å². The molecule has 2 aromatic rings. The molecule has 13 heteroatoms. The minimum atomic E-state index is -4.09. The van der Waals surface area contributed by atoms with E-state index < -0.39 is 33.5 Å². The van der Waals surface area contributed by atoms with Gasteiger partial charge in [-0.15, -0.1) is 0 Å². The van der Waals surface area contributed by atoms with Crippen molar-refractivity contribution in [2.45, 2.75) is 37.5 Å². The molecular weight excluding hydrogens is 716 g/mol. The number of amides is 4. The highest BCUT2D eigenvalue weighted by Gasteiger charge is 2.29. The fraction of sp³-hybridized carbons (Fsp3) is 0.200. The summed E-state index contributed by atoms with van der Waals surface area (Å²) >= 11 is 13.0. The normalized spacial score (nSPS) is 11.2. The fourth-order valence-electron chi connectivity index (χ4n) is 3.03. The van der Waals surface area contributed by atoms with Crippen LogP contribution in [-0.4, -0.2) is 32.0 Å². The van der Waals surface area contributed by atoms with Gasteiger partial charge >= 0.3 is 0 Å². The Bertz CT molecular complexity index is 1140. The van der Waals surface area contributed by atoms with E-state index in [1.54, 1.807) is 0 Å². The Balaban J connectivity index is 2.68. The zero-order valence-corrected chi connectivity index (χ0v) is 24.7. The first-order valence-corrected chi connectivity index (χ1v) is 13.6. The Morgan fingerprint density at radius 2 is 0.788 bits per heavy atom. The highest BCUT2D eigenvalue weighted by molar-refractivity contribution is 9.11. The standard InChI is InChI=1S/C20H16Br4N2O6S/c1-9(27)25(10(2)28)19-15(21)5-13(6-16(19)22)33(31,32)14-7-17(23)20(18(24)8-14)26(11(3)29)12(4)30/h5-8H,1-4H3. The van der Waals surface area contributed by atoms with Crippen LogP contribution in [0.4, 0.5) is 11.4 Å². The van der Waals surface area contributed by atoms with Crippen LogP contribution in [0.25, 0.3) is 0 Å². The van der Waals surface area contributed by atoms with Crippen molar-refractivity contribution >= 4 is 109 Å². The van der Waals surface area contributed by atoms with Crippen LogP contribution in [0.1, 0.15) is 27.7 Å². The van der Waals surface area contributed by atoms with Crippen LogP contribution in [0.5, 0.6) is 0 Å². The Labute approximate surface area is 224 Å². The molecule has 0 bridgehead atoms. The number of anilines is 2. The number of carbonyl (C=O) groups is 4. The minimum Gasteiger partial charge on any atom is -0.274 e. The summed E-state index contributed by atoms with van der Waals surface area (Å²) in [5, 5.41) is 0. The molecule has 0 unspecified atom stereocenters. The molecule has 0 fully saturated rings. The van der Waals surface area contributed by atoms with Crippen molar-refractivity contribution in [3.8, 4) is 0 Å². The van der Waals surface area contributed by atoms with Crippen molar-refractivity contribution in [2.24, 2.45) is 0 Å². The first-order valence-electron chi connectivity index (χ1n) is 8.97. The molecule has 4 amide bonds. The van der Waals surface area contributed by atoms with Crippen LogP contribution in [0.15, 0.2) is 51.9 Å². The second kappa shape index (κ2) is 10.5. The maximum Gasteiger partial charge on any atom is 0.230 e. The average Bonchev–Trinajstić information content (AvgIpc) is 2.65. The second-order valence-corrected chi connectivity index (χ2v) is 12.1. The third-order valence-corrected chi connectivity index (χ3v) is 8.44. The van der Waals surface area contributed by atoms with Gasteiger partial charge in [0.25, 0.3) is 0 Å². The number of hydrogen-bond donors (Lipinski definition) is 0. The molecule has 8 nitrogen and oxygen atoms in total. The van der Waals surface area contributed by atoms with E-state index in [4.69, 9.17) is 0 Å². The molecule has 0 aliphatic heterocycles. The van der Waals surface area contributed by atoms with Crippen molar-refractivity contribution in [3.05, 3.63) is 42.2 Å². The lowest BCUT2D eigenvalue weighted by molar-refractivity contribution is -0.125. The smallest absolute Gasteiger partial charge is 0.230 e. The Hall–Kier alpha value is -1.41.